The first-order valence-corrected chi connectivity index (χ1v) is 11.1. The van der Waals surface area contributed by atoms with Gasteiger partial charge in [-0.3, -0.25) is 20.6 Å². The van der Waals surface area contributed by atoms with Crippen molar-refractivity contribution in [2.45, 2.75) is 19.3 Å². The number of fused-ring (bicyclic) bond motifs is 3. The van der Waals surface area contributed by atoms with E-state index < -0.39 is 12.3 Å². The van der Waals surface area contributed by atoms with E-state index in [1.54, 1.807) is 36.4 Å². The summed E-state index contributed by atoms with van der Waals surface area (Å²) in [5.74, 6) is 0.0108. The Morgan fingerprint density at radius 3 is 2.66 bits per heavy atom. The van der Waals surface area contributed by atoms with Gasteiger partial charge >= 0.3 is 0 Å². The highest BCUT2D eigenvalue weighted by molar-refractivity contribution is 6.65. The molecule has 0 unspecified atom stereocenters. The number of carbonyl (C=O) groups is 1. The smallest absolute Gasteiger partial charge is 0.280 e. The zero-order valence-corrected chi connectivity index (χ0v) is 19.1. The van der Waals surface area contributed by atoms with Gasteiger partial charge in [0.2, 0.25) is 0 Å². The number of nitrogens with one attached hydrogen (secondary N) is 3. The number of carbonyl (C=O) groups excluding carboxylic acids is 1. The van der Waals surface area contributed by atoms with Gasteiger partial charge in [-0.25, -0.2) is 13.8 Å². The quantitative estimate of drug-likeness (QED) is 0.252. The summed E-state index contributed by atoms with van der Waals surface area (Å²) in [6.45, 7) is 0.626. The predicted molar refractivity (Wildman–Crippen MR) is 129 cm³/mol. The molecule has 1 amide bonds. The minimum atomic E-state index is -2.67. The normalized spacial score (nSPS) is 14.6. The van der Waals surface area contributed by atoms with E-state index in [0.29, 0.717) is 42.9 Å². The highest BCUT2D eigenvalue weighted by Crippen LogP contribution is 2.29. The maximum atomic E-state index is 13.2. The summed E-state index contributed by atoms with van der Waals surface area (Å²) in [7, 11) is 0. The van der Waals surface area contributed by atoms with Gasteiger partial charge in [0.25, 0.3) is 12.3 Å². The third kappa shape index (κ3) is 5.60. The van der Waals surface area contributed by atoms with E-state index in [1.807, 2.05) is 0 Å². The Labute approximate surface area is 204 Å². The highest BCUT2D eigenvalue weighted by Gasteiger charge is 2.20. The van der Waals surface area contributed by atoms with Crippen molar-refractivity contribution in [2.75, 3.05) is 18.5 Å². The number of hydrogen-bond donors (Lipinski definition) is 3. The average Bonchev–Trinajstić information content (AvgIpc) is 2.85. The van der Waals surface area contributed by atoms with E-state index in [-0.39, 0.29) is 33.9 Å². The summed E-state index contributed by atoms with van der Waals surface area (Å²) in [5.41, 5.74) is 1.34. The van der Waals surface area contributed by atoms with Crippen molar-refractivity contribution in [3.05, 3.63) is 71.7 Å². The second-order valence-electron chi connectivity index (χ2n) is 7.69. The lowest BCUT2D eigenvalue weighted by Crippen LogP contribution is -2.35. The Bertz CT molecular complexity index is 1270. The zero-order valence-electron chi connectivity index (χ0n) is 18.4. The van der Waals surface area contributed by atoms with Crippen LogP contribution in [-0.4, -0.2) is 45.1 Å². The lowest BCUT2D eigenvalue weighted by atomic mass is 10.0. The summed E-state index contributed by atoms with van der Waals surface area (Å²) in [6, 6.07) is 12.6. The molecule has 2 bridgehead atoms. The fourth-order valence-electron chi connectivity index (χ4n) is 3.54. The lowest BCUT2D eigenvalue weighted by molar-refractivity contribution is 0.102. The molecule has 11 heteroatoms. The van der Waals surface area contributed by atoms with Crippen LogP contribution in [-0.2, 0) is 0 Å². The number of ether oxygens (including phenoxy) is 1. The fraction of sp³-hybridized carbons (Fsp3) is 0.208. The molecule has 0 radical (unpaired) electrons. The number of aromatic nitrogens is 2. The van der Waals surface area contributed by atoms with E-state index >= 15 is 0 Å². The molecule has 3 N–H and O–H groups in total. The number of hydrogen-bond acceptors (Lipinski definition) is 6. The largest absolute Gasteiger partial charge is 0.493 e. The zero-order chi connectivity index (χ0) is 24.9. The number of pyridine rings is 2. The molecule has 8 nitrogen and oxygen atoms in total. The third-order valence-corrected chi connectivity index (χ3v) is 5.55. The van der Waals surface area contributed by atoms with Crippen LogP contribution in [0.3, 0.4) is 0 Å². The van der Waals surface area contributed by atoms with Crippen molar-refractivity contribution < 1.29 is 18.3 Å². The molecule has 3 aromatic rings. The molecule has 0 saturated heterocycles. The van der Waals surface area contributed by atoms with Crippen LogP contribution >= 0.6 is 11.6 Å². The molecule has 35 heavy (non-hydrogen) atoms. The first kappa shape index (κ1) is 24.2. The fourth-order valence-corrected chi connectivity index (χ4v) is 3.71. The van der Waals surface area contributed by atoms with Crippen molar-refractivity contribution in [2.24, 2.45) is 0 Å². The Hall–Kier alpha value is -3.92. The molecule has 180 valence electrons. The number of amidine groups is 2. The van der Waals surface area contributed by atoms with Crippen LogP contribution in [0, 0.1) is 10.8 Å². The molecule has 2 aromatic heterocycles. The molecule has 1 aliphatic rings. The first-order valence-electron chi connectivity index (χ1n) is 10.7. The second-order valence-corrected chi connectivity index (χ2v) is 8.05. The monoisotopic (exact) mass is 498 g/mol. The molecule has 0 aliphatic carbocycles. The van der Waals surface area contributed by atoms with Crippen molar-refractivity contribution in [1.82, 2.24) is 14.9 Å². The predicted octanol–water partition coefficient (Wildman–Crippen LogP) is 5.31. The molecular formula is C24H21ClF2N6O2. The molecule has 0 fully saturated rings. The third-order valence-electron chi connectivity index (χ3n) is 5.34. The molecule has 3 heterocycles. The Balaban J connectivity index is 1.69. The van der Waals surface area contributed by atoms with Crippen LogP contribution in [0.4, 0.5) is 14.6 Å². The van der Waals surface area contributed by atoms with E-state index in [1.165, 1.54) is 23.2 Å². The summed E-state index contributed by atoms with van der Waals surface area (Å²) in [6.07, 6.45) is -0.163. The highest BCUT2D eigenvalue weighted by atomic mass is 35.5. The molecule has 4 rings (SSSR count). The van der Waals surface area contributed by atoms with Gasteiger partial charge < -0.3 is 15.0 Å². The number of alkyl halides is 2. The Kier molecular flexibility index (Phi) is 7.31. The van der Waals surface area contributed by atoms with E-state index in [9.17, 15) is 13.6 Å². The minimum absolute atomic E-state index is 0.0542. The minimum Gasteiger partial charge on any atom is -0.493 e. The lowest BCUT2D eigenvalue weighted by Gasteiger charge is -2.22. The van der Waals surface area contributed by atoms with Crippen molar-refractivity contribution in [3.8, 4) is 16.9 Å². The van der Waals surface area contributed by atoms with Gasteiger partial charge in [-0.2, -0.15) is 0 Å². The number of benzene rings is 1. The molecular weight excluding hydrogens is 478 g/mol. The van der Waals surface area contributed by atoms with Gasteiger partial charge in [0.1, 0.15) is 23.0 Å². The molecule has 1 aliphatic heterocycles. The summed E-state index contributed by atoms with van der Waals surface area (Å²) in [5, 5.41) is 18.6. The van der Waals surface area contributed by atoms with Gasteiger partial charge in [-0.15, -0.1) is 0 Å². The standard InChI is InChI=1S/C24H21ClF2N6O2/c25-24(29)33-10-1-2-11-35-19-9-7-14(15-6-8-17(21(26)27)30-13-15)12-16(19)23(34)32-20-5-3-4-18(31-20)22(33)28/h3-9,12-13,21,28-29H,1-2,10-11H2,(H,31,32,34). The topological polar surface area (TPSA) is 115 Å². The van der Waals surface area contributed by atoms with Crippen LogP contribution in [0.2, 0.25) is 0 Å². The van der Waals surface area contributed by atoms with Crippen LogP contribution in [0.1, 0.15) is 41.0 Å². The van der Waals surface area contributed by atoms with Crippen LogP contribution in [0.15, 0.2) is 54.7 Å². The summed E-state index contributed by atoms with van der Waals surface area (Å²) < 4.78 is 31.6. The van der Waals surface area contributed by atoms with Crippen molar-refractivity contribution >= 4 is 34.5 Å². The van der Waals surface area contributed by atoms with E-state index in [0.717, 1.165) is 0 Å². The average molecular weight is 499 g/mol. The van der Waals surface area contributed by atoms with E-state index in [2.05, 4.69) is 15.3 Å². The van der Waals surface area contributed by atoms with Gasteiger partial charge in [-0.1, -0.05) is 18.2 Å². The van der Waals surface area contributed by atoms with Crippen molar-refractivity contribution in [1.29, 1.82) is 10.8 Å². The van der Waals surface area contributed by atoms with Gasteiger partial charge in [-0.05, 0) is 60.3 Å². The van der Waals surface area contributed by atoms with Crippen LogP contribution in [0.5, 0.6) is 5.75 Å². The summed E-state index contributed by atoms with van der Waals surface area (Å²) >= 11 is 5.89. The maximum absolute atomic E-state index is 13.2. The first-order chi connectivity index (χ1) is 16.8. The molecule has 0 spiro atoms. The SMILES string of the molecule is N=C(Cl)N1CCCCOc2ccc(-c3ccc(C(F)F)nc3)cc2C(=O)Nc2cccc(n2)C1=N. The van der Waals surface area contributed by atoms with Crippen LogP contribution in [0.25, 0.3) is 11.1 Å². The number of anilines is 1. The number of rotatable bonds is 2. The summed E-state index contributed by atoms with van der Waals surface area (Å²) in [4.78, 5) is 22.6. The van der Waals surface area contributed by atoms with Crippen molar-refractivity contribution in [3.63, 3.8) is 0 Å². The van der Waals surface area contributed by atoms with Crippen LogP contribution < -0.4 is 10.1 Å². The Morgan fingerprint density at radius 1 is 1.14 bits per heavy atom. The molecule has 0 saturated carbocycles. The number of nitrogens with zero attached hydrogens (tertiary/aromatic N) is 3. The molecule has 0 atom stereocenters. The molecule has 1 aromatic carbocycles. The second kappa shape index (κ2) is 10.6. The number of amides is 1. The van der Waals surface area contributed by atoms with E-state index in [4.69, 9.17) is 27.2 Å². The maximum Gasteiger partial charge on any atom is 0.280 e. The van der Waals surface area contributed by atoms with Gasteiger partial charge in [0.15, 0.2) is 11.1 Å². The van der Waals surface area contributed by atoms with Gasteiger partial charge in [0.05, 0.1) is 12.2 Å². The number of halogens is 3. The van der Waals surface area contributed by atoms with Gasteiger partial charge in [0, 0.05) is 18.3 Å². The Morgan fingerprint density at radius 2 is 1.94 bits per heavy atom.